The van der Waals surface area contributed by atoms with Crippen LogP contribution in [0.3, 0.4) is 0 Å². The van der Waals surface area contributed by atoms with Crippen molar-refractivity contribution in [2.75, 3.05) is 0 Å². The molecule has 0 unspecified atom stereocenters. The third-order valence-corrected chi connectivity index (χ3v) is 3.46. The number of hydrogen-bond donors (Lipinski definition) is 0. The normalized spacial score (nSPS) is 10.6. The first kappa shape index (κ1) is 10.0. The zero-order chi connectivity index (χ0) is 11.0. The predicted octanol–water partition coefficient (Wildman–Crippen LogP) is 1.72. The molecule has 4 nitrogen and oxygen atoms in total. The topological polar surface area (TPSA) is 47.8 Å². The number of rotatable bonds is 2. The van der Waals surface area contributed by atoms with Crippen molar-refractivity contribution in [1.82, 2.24) is 14.8 Å². The van der Waals surface area contributed by atoms with Gasteiger partial charge in [-0.1, -0.05) is 0 Å². The van der Waals surface area contributed by atoms with E-state index in [1.54, 1.807) is 7.05 Å². The van der Waals surface area contributed by atoms with Gasteiger partial charge in [-0.3, -0.25) is 4.79 Å². The van der Waals surface area contributed by atoms with Gasteiger partial charge in [-0.15, -0.1) is 11.3 Å². The molecular formula is C10H11N3OS. The van der Waals surface area contributed by atoms with Crippen LogP contribution in [-0.4, -0.2) is 20.5 Å². The molecule has 0 saturated carbocycles. The van der Waals surface area contributed by atoms with Gasteiger partial charge in [0.05, 0.1) is 4.88 Å². The summed E-state index contributed by atoms with van der Waals surface area (Å²) in [6.45, 7) is 4.01. The van der Waals surface area contributed by atoms with Crippen LogP contribution < -0.4 is 0 Å². The van der Waals surface area contributed by atoms with Gasteiger partial charge in [0.1, 0.15) is 6.33 Å². The lowest BCUT2D eigenvalue weighted by Gasteiger charge is -1.95. The maximum absolute atomic E-state index is 12.0. The van der Waals surface area contributed by atoms with E-state index in [-0.39, 0.29) is 5.78 Å². The van der Waals surface area contributed by atoms with Gasteiger partial charge in [0.15, 0.2) is 5.82 Å². The van der Waals surface area contributed by atoms with E-state index in [0.717, 1.165) is 10.4 Å². The number of aryl methyl sites for hydroxylation is 3. The first-order valence-corrected chi connectivity index (χ1v) is 5.37. The maximum atomic E-state index is 12.0. The Morgan fingerprint density at radius 1 is 1.47 bits per heavy atom. The van der Waals surface area contributed by atoms with Gasteiger partial charge < -0.3 is 0 Å². The molecule has 0 aliphatic rings. The van der Waals surface area contributed by atoms with E-state index in [1.165, 1.54) is 27.2 Å². The highest BCUT2D eigenvalue weighted by atomic mass is 32.1. The van der Waals surface area contributed by atoms with Gasteiger partial charge in [0.2, 0.25) is 5.78 Å². The van der Waals surface area contributed by atoms with E-state index in [2.05, 4.69) is 10.1 Å². The molecule has 0 saturated heterocycles. The average molecular weight is 221 g/mol. The van der Waals surface area contributed by atoms with Crippen molar-refractivity contribution in [3.8, 4) is 0 Å². The second-order valence-corrected chi connectivity index (χ2v) is 4.64. The van der Waals surface area contributed by atoms with Crippen molar-refractivity contribution >= 4 is 17.1 Å². The van der Waals surface area contributed by atoms with Crippen LogP contribution in [0.2, 0.25) is 0 Å². The molecule has 0 N–H and O–H groups in total. The third kappa shape index (κ3) is 1.70. The van der Waals surface area contributed by atoms with Gasteiger partial charge in [-0.05, 0) is 25.5 Å². The van der Waals surface area contributed by atoms with Gasteiger partial charge >= 0.3 is 0 Å². The lowest BCUT2D eigenvalue weighted by atomic mass is 10.2. The summed E-state index contributed by atoms with van der Waals surface area (Å²) in [6, 6.07) is 1.90. The third-order valence-electron chi connectivity index (χ3n) is 2.30. The van der Waals surface area contributed by atoms with Crippen molar-refractivity contribution in [1.29, 1.82) is 0 Å². The molecule has 0 radical (unpaired) electrons. The number of ketones is 1. The molecule has 15 heavy (non-hydrogen) atoms. The van der Waals surface area contributed by atoms with Crippen molar-refractivity contribution in [3.05, 3.63) is 33.5 Å². The van der Waals surface area contributed by atoms with Gasteiger partial charge in [0, 0.05) is 11.9 Å². The molecule has 2 heterocycles. The Hall–Kier alpha value is -1.49. The average Bonchev–Trinajstić information content (AvgIpc) is 2.74. The highest BCUT2D eigenvalue weighted by Crippen LogP contribution is 2.22. The van der Waals surface area contributed by atoms with Crippen LogP contribution in [0.15, 0.2) is 12.4 Å². The molecule has 0 aliphatic carbocycles. The van der Waals surface area contributed by atoms with E-state index in [4.69, 9.17) is 0 Å². The Morgan fingerprint density at radius 2 is 2.20 bits per heavy atom. The van der Waals surface area contributed by atoms with E-state index in [0.29, 0.717) is 5.82 Å². The Bertz CT molecular complexity index is 493. The van der Waals surface area contributed by atoms with Crippen LogP contribution in [0, 0.1) is 13.8 Å². The number of carbonyl (C=O) groups is 1. The zero-order valence-electron chi connectivity index (χ0n) is 8.81. The van der Waals surface area contributed by atoms with E-state index in [1.807, 2.05) is 19.9 Å². The fraction of sp³-hybridized carbons (Fsp3) is 0.300. The maximum Gasteiger partial charge on any atom is 0.239 e. The molecule has 2 rings (SSSR count). The van der Waals surface area contributed by atoms with E-state index < -0.39 is 0 Å². The van der Waals surface area contributed by atoms with Crippen LogP contribution in [0.25, 0.3) is 0 Å². The number of aromatic nitrogens is 3. The summed E-state index contributed by atoms with van der Waals surface area (Å²) in [7, 11) is 1.72. The number of thiophene rings is 1. The number of nitrogens with zero attached hydrogens (tertiary/aromatic N) is 3. The minimum absolute atomic E-state index is 0.0591. The first-order valence-electron chi connectivity index (χ1n) is 4.55. The van der Waals surface area contributed by atoms with Crippen molar-refractivity contribution in [3.63, 3.8) is 0 Å². The summed E-state index contributed by atoms with van der Waals surface area (Å²) < 4.78 is 1.49. The zero-order valence-corrected chi connectivity index (χ0v) is 9.63. The molecule has 0 atom stereocenters. The summed E-state index contributed by atoms with van der Waals surface area (Å²) in [4.78, 5) is 17.8. The number of carbonyl (C=O) groups excluding carboxylic acids is 1. The number of hydrogen-bond acceptors (Lipinski definition) is 4. The molecule has 0 aromatic carbocycles. The summed E-state index contributed by atoms with van der Waals surface area (Å²) in [5.41, 5.74) is 1.14. The molecule has 0 amide bonds. The molecule has 0 aliphatic heterocycles. The minimum atomic E-state index is -0.0591. The monoisotopic (exact) mass is 221 g/mol. The van der Waals surface area contributed by atoms with Gasteiger partial charge in [-0.2, -0.15) is 5.10 Å². The van der Waals surface area contributed by atoms with Crippen LogP contribution in [0.1, 0.15) is 25.9 Å². The summed E-state index contributed by atoms with van der Waals surface area (Å²) in [5.74, 6) is 0.326. The summed E-state index contributed by atoms with van der Waals surface area (Å²) >= 11 is 1.50. The first-order chi connectivity index (χ1) is 7.09. The van der Waals surface area contributed by atoms with Crippen LogP contribution >= 0.6 is 11.3 Å². The van der Waals surface area contributed by atoms with Crippen molar-refractivity contribution in [2.24, 2.45) is 7.05 Å². The van der Waals surface area contributed by atoms with Gasteiger partial charge in [0.25, 0.3) is 0 Å². The highest BCUT2D eigenvalue weighted by Gasteiger charge is 2.17. The summed E-state index contributed by atoms with van der Waals surface area (Å²) in [5, 5.41) is 3.88. The highest BCUT2D eigenvalue weighted by molar-refractivity contribution is 7.14. The molecule has 0 fully saturated rings. The second kappa shape index (κ2) is 3.58. The SMILES string of the molecule is Cc1cc(C(=O)c2ncnn2C)sc1C. The van der Waals surface area contributed by atoms with Crippen LogP contribution in [0.4, 0.5) is 0 Å². The predicted molar refractivity (Wildman–Crippen MR) is 58.2 cm³/mol. The molecule has 0 bridgehead atoms. The second-order valence-electron chi connectivity index (χ2n) is 3.39. The van der Waals surface area contributed by atoms with E-state index in [9.17, 15) is 4.79 Å². The minimum Gasteiger partial charge on any atom is -0.284 e. The lowest BCUT2D eigenvalue weighted by molar-refractivity contribution is 0.102. The Kier molecular flexibility index (Phi) is 2.40. The summed E-state index contributed by atoms with van der Waals surface area (Å²) in [6.07, 6.45) is 1.39. The quantitative estimate of drug-likeness (QED) is 0.725. The smallest absolute Gasteiger partial charge is 0.239 e. The Labute approximate surface area is 91.6 Å². The Morgan fingerprint density at radius 3 is 2.67 bits per heavy atom. The van der Waals surface area contributed by atoms with Gasteiger partial charge in [-0.25, -0.2) is 9.67 Å². The van der Waals surface area contributed by atoms with Crippen LogP contribution in [-0.2, 0) is 7.05 Å². The standard InChI is InChI=1S/C10H11N3OS/c1-6-4-8(15-7(6)2)9(14)10-11-5-12-13(10)3/h4-5H,1-3H3. The lowest BCUT2D eigenvalue weighted by Crippen LogP contribution is -2.08. The van der Waals surface area contributed by atoms with Crippen molar-refractivity contribution < 1.29 is 4.79 Å². The molecular weight excluding hydrogens is 210 g/mol. The Balaban J connectivity index is 2.41. The molecule has 2 aromatic rings. The van der Waals surface area contributed by atoms with E-state index >= 15 is 0 Å². The largest absolute Gasteiger partial charge is 0.284 e. The molecule has 5 heteroatoms. The molecule has 0 spiro atoms. The van der Waals surface area contributed by atoms with Crippen LogP contribution in [0.5, 0.6) is 0 Å². The molecule has 78 valence electrons. The fourth-order valence-corrected chi connectivity index (χ4v) is 2.27. The van der Waals surface area contributed by atoms with Crippen molar-refractivity contribution in [2.45, 2.75) is 13.8 Å². The fourth-order valence-electron chi connectivity index (χ4n) is 1.30. The molecule has 2 aromatic heterocycles.